The lowest BCUT2D eigenvalue weighted by molar-refractivity contribution is -0.133. The summed E-state index contributed by atoms with van der Waals surface area (Å²) in [4.78, 5) is 31.3. The van der Waals surface area contributed by atoms with Crippen LogP contribution in [-0.4, -0.2) is 36.1 Å². The van der Waals surface area contributed by atoms with E-state index in [9.17, 15) is 9.59 Å². The monoisotopic (exact) mass is 350 g/mol. The third kappa shape index (κ3) is 4.61. The molecular formula is C16H26N4O3Si. The quantitative estimate of drug-likeness (QED) is 0.625. The number of carbonyl (C=O) groups excluding carboxylic acids is 2. The van der Waals surface area contributed by atoms with Crippen molar-refractivity contribution in [3.8, 4) is 0 Å². The Bertz CT molecular complexity index is 611. The summed E-state index contributed by atoms with van der Waals surface area (Å²) in [5.41, 5.74) is 0.897. The second kappa shape index (κ2) is 6.98. The zero-order chi connectivity index (χ0) is 18.0. The van der Waals surface area contributed by atoms with E-state index in [1.165, 1.54) is 0 Å². The van der Waals surface area contributed by atoms with Gasteiger partial charge in [0.15, 0.2) is 8.32 Å². The van der Waals surface area contributed by atoms with Crippen LogP contribution in [0.5, 0.6) is 0 Å². The van der Waals surface area contributed by atoms with Crippen LogP contribution in [0.2, 0.25) is 18.1 Å². The van der Waals surface area contributed by atoms with E-state index in [1.54, 1.807) is 12.4 Å². The first-order valence-corrected chi connectivity index (χ1v) is 11.0. The molecule has 24 heavy (non-hydrogen) atoms. The number of imide groups is 1. The van der Waals surface area contributed by atoms with Gasteiger partial charge in [0.1, 0.15) is 6.04 Å². The molecule has 1 aromatic rings. The Morgan fingerprint density at radius 1 is 1.29 bits per heavy atom. The Labute approximate surface area is 143 Å². The van der Waals surface area contributed by atoms with Gasteiger partial charge in [-0.25, -0.2) is 9.97 Å². The van der Waals surface area contributed by atoms with Crippen LogP contribution in [-0.2, 0) is 20.6 Å². The minimum atomic E-state index is -1.81. The van der Waals surface area contributed by atoms with E-state index in [0.717, 1.165) is 5.56 Å². The molecule has 1 fully saturated rings. The third-order valence-corrected chi connectivity index (χ3v) is 9.13. The van der Waals surface area contributed by atoms with Crippen molar-refractivity contribution in [2.24, 2.45) is 0 Å². The first-order valence-electron chi connectivity index (χ1n) is 8.13. The summed E-state index contributed by atoms with van der Waals surface area (Å²) in [5, 5.41) is 5.41. The molecule has 2 N–H and O–H groups in total. The molecule has 1 unspecified atom stereocenters. The summed E-state index contributed by atoms with van der Waals surface area (Å²) in [5.74, 6) is -0.196. The largest absolute Gasteiger partial charge is 0.412 e. The lowest BCUT2D eigenvalue weighted by atomic mass is 10.1. The molecule has 2 rings (SSSR count). The van der Waals surface area contributed by atoms with Crippen LogP contribution < -0.4 is 10.6 Å². The van der Waals surface area contributed by atoms with Crippen molar-refractivity contribution in [1.29, 1.82) is 0 Å². The van der Waals surface area contributed by atoms with Gasteiger partial charge in [0, 0.05) is 24.4 Å². The highest BCUT2D eigenvalue weighted by Crippen LogP contribution is 2.36. The standard InChI is InChI=1S/C16H26N4O3Si/c1-16(2,3)24(4,5)23-10-11-8-17-15(18-9-11)19-12-6-7-13(21)20-14(12)22/h8-9,12H,6-7,10H2,1-5H3,(H,17,18,19)(H,20,21,22). The van der Waals surface area contributed by atoms with E-state index in [0.29, 0.717) is 25.4 Å². The average molecular weight is 350 g/mol. The second-order valence-corrected chi connectivity index (χ2v) is 12.4. The maximum atomic E-state index is 11.7. The van der Waals surface area contributed by atoms with Crippen LogP contribution in [0, 0.1) is 0 Å². The summed E-state index contributed by atoms with van der Waals surface area (Å²) in [6.45, 7) is 11.5. The Balaban J connectivity index is 1.91. The number of hydrogen-bond donors (Lipinski definition) is 2. The second-order valence-electron chi connectivity index (χ2n) is 7.61. The molecule has 1 aliphatic heterocycles. The summed E-state index contributed by atoms with van der Waals surface area (Å²) in [6.07, 6.45) is 4.18. The van der Waals surface area contributed by atoms with Crippen LogP contribution in [0.1, 0.15) is 39.2 Å². The predicted octanol–water partition coefficient (Wildman–Crippen LogP) is 2.22. The summed E-state index contributed by atoms with van der Waals surface area (Å²) in [6, 6.07) is -0.475. The SMILES string of the molecule is CC(C)(C)[Si](C)(C)OCc1cnc(NC2CCC(=O)NC2=O)nc1. The molecule has 0 bridgehead atoms. The van der Waals surface area contributed by atoms with Crippen molar-refractivity contribution in [2.45, 2.75) is 64.4 Å². The number of amides is 2. The van der Waals surface area contributed by atoms with Gasteiger partial charge in [-0.05, 0) is 24.6 Å². The van der Waals surface area contributed by atoms with Gasteiger partial charge in [0.2, 0.25) is 17.8 Å². The van der Waals surface area contributed by atoms with E-state index < -0.39 is 14.4 Å². The number of nitrogens with one attached hydrogen (secondary N) is 2. The fraction of sp³-hybridized carbons (Fsp3) is 0.625. The van der Waals surface area contributed by atoms with Crippen molar-refractivity contribution < 1.29 is 14.0 Å². The van der Waals surface area contributed by atoms with Crippen LogP contribution in [0.4, 0.5) is 5.95 Å². The fourth-order valence-corrected chi connectivity index (χ4v) is 2.93. The molecule has 0 aliphatic carbocycles. The number of carbonyl (C=O) groups is 2. The molecule has 0 radical (unpaired) electrons. The van der Waals surface area contributed by atoms with E-state index in [2.05, 4.69) is 54.5 Å². The molecule has 1 saturated heterocycles. The van der Waals surface area contributed by atoms with Gasteiger partial charge in [0.25, 0.3) is 0 Å². The minimum Gasteiger partial charge on any atom is -0.412 e. The molecule has 0 saturated carbocycles. The maximum absolute atomic E-state index is 11.7. The van der Waals surface area contributed by atoms with Crippen molar-refractivity contribution in [3.63, 3.8) is 0 Å². The summed E-state index contributed by atoms with van der Waals surface area (Å²) in [7, 11) is -1.81. The van der Waals surface area contributed by atoms with Crippen LogP contribution >= 0.6 is 0 Å². The Hall–Kier alpha value is -1.80. The van der Waals surface area contributed by atoms with Gasteiger partial charge < -0.3 is 9.74 Å². The zero-order valence-electron chi connectivity index (χ0n) is 15.0. The van der Waals surface area contributed by atoms with Crippen LogP contribution in [0.3, 0.4) is 0 Å². The first-order chi connectivity index (χ1) is 11.1. The highest BCUT2D eigenvalue weighted by atomic mass is 28.4. The Morgan fingerprint density at radius 2 is 1.92 bits per heavy atom. The zero-order valence-corrected chi connectivity index (χ0v) is 16.0. The number of rotatable bonds is 5. The molecule has 7 nitrogen and oxygen atoms in total. The van der Waals surface area contributed by atoms with Crippen molar-refractivity contribution >= 4 is 26.1 Å². The molecule has 132 valence electrons. The number of nitrogens with zero attached hydrogens (tertiary/aromatic N) is 2. The Morgan fingerprint density at radius 3 is 2.46 bits per heavy atom. The third-order valence-electron chi connectivity index (χ3n) is 4.65. The molecular weight excluding hydrogens is 324 g/mol. The number of piperidine rings is 1. The smallest absolute Gasteiger partial charge is 0.249 e. The van der Waals surface area contributed by atoms with Gasteiger partial charge >= 0.3 is 0 Å². The first kappa shape index (κ1) is 18.5. The maximum Gasteiger partial charge on any atom is 0.249 e. The molecule has 8 heteroatoms. The summed E-state index contributed by atoms with van der Waals surface area (Å²) < 4.78 is 6.14. The van der Waals surface area contributed by atoms with Crippen molar-refractivity contribution in [3.05, 3.63) is 18.0 Å². The normalized spacial score (nSPS) is 19.1. The highest BCUT2D eigenvalue weighted by molar-refractivity contribution is 6.74. The molecule has 1 atom stereocenters. The van der Waals surface area contributed by atoms with Gasteiger partial charge in [-0.2, -0.15) is 0 Å². The van der Waals surface area contributed by atoms with Crippen molar-refractivity contribution in [2.75, 3.05) is 5.32 Å². The molecule has 2 amide bonds. The highest BCUT2D eigenvalue weighted by Gasteiger charge is 2.37. The molecule has 2 heterocycles. The predicted molar refractivity (Wildman–Crippen MR) is 93.8 cm³/mol. The van der Waals surface area contributed by atoms with Gasteiger partial charge in [-0.15, -0.1) is 0 Å². The molecule has 1 aromatic heterocycles. The lowest BCUT2D eigenvalue weighted by Gasteiger charge is -2.36. The van der Waals surface area contributed by atoms with E-state index in [1.807, 2.05) is 0 Å². The molecule has 0 aromatic carbocycles. The van der Waals surface area contributed by atoms with Gasteiger partial charge in [0.05, 0.1) is 6.61 Å². The van der Waals surface area contributed by atoms with Crippen molar-refractivity contribution in [1.82, 2.24) is 15.3 Å². The van der Waals surface area contributed by atoms with E-state index in [-0.39, 0.29) is 16.9 Å². The number of aromatic nitrogens is 2. The van der Waals surface area contributed by atoms with Crippen LogP contribution in [0.25, 0.3) is 0 Å². The molecule has 0 spiro atoms. The minimum absolute atomic E-state index is 0.154. The fourth-order valence-electron chi connectivity index (χ4n) is 1.97. The number of hydrogen-bond acceptors (Lipinski definition) is 6. The topological polar surface area (TPSA) is 93.2 Å². The summed E-state index contributed by atoms with van der Waals surface area (Å²) >= 11 is 0. The molecule has 1 aliphatic rings. The van der Waals surface area contributed by atoms with Gasteiger partial charge in [-0.3, -0.25) is 14.9 Å². The number of anilines is 1. The van der Waals surface area contributed by atoms with Crippen LogP contribution in [0.15, 0.2) is 12.4 Å². The lowest BCUT2D eigenvalue weighted by Crippen LogP contribution is -2.47. The van der Waals surface area contributed by atoms with E-state index >= 15 is 0 Å². The average Bonchev–Trinajstić information content (AvgIpc) is 2.48. The van der Waals surface area contributed by atoms with Gasteiger partial charge in [-0.1, -0.05) is 20.8 Å². The Kier molecular flexibility index (Phi) is 5.39. The van der Waals surface area contributed by atoms with E-state index in [4.69, 9.17) is 4.43 Å².